The number of nitrogens with two attached hydrogens (primary N) is 2. The molecule has 0 fully saturated rings. The zero-order valence-corrected chi connectivity index (χ0v) is 10.2. The largest absolute Gasteiger partial charge is 0.465 e. The summed E-state index contributed by atoms with van der Waals surface area (Å²) in [5, 5.41) is 3.98. The van der Waals surface area contributed by atoms with Crippen molar-refractivity contribution in [1.29, 1.82) is 0 Å². The lowest BCUT2D eigenvalue weighted by Gasteiger charge is -2.07. The van der Waals surface area contributed by atoms with Crippen molar-refractivity contribution in [2.75, 3.05) is 12.8 Å². The van der Waals surface area contributed by atoms with E-state index in [1.54, 1.807) is 12.1 Å². The number of hydrogen-bond acceptors (Lipinski definition) is 5. The molecule has 0 atom stereocenters. The number of anilines is 1. The summed E-state index contributed by atoms with van der Waals surface area (Å²) < 4.78 is 6.00. The summed E-state index contributed by atoms with van der Waals surface area (Å²) in [6, 6.07) is 4.63. The van der Waals surface area contributed by atoms with Gasteiger partial charge in [-0.05, 0) is 18.2 Å². The Balaban J connectivity index is 2.48. The number of aromatic nitrogens is 2. The molecule has 0 saturated carbocycles. The molecule has 0 aliphatic heterocycles. The Morgan fingerprint density at radius 2 is 2.05 bits per heavy atom. The highest BCUT2D eigenvalue weighted by Crippen LogP contribution is 2.19. The molecule has 0 saturated heterocycles. The van der Waals surface area contributed by atoms with Crippen LogP contribution in [0.4, 0.5) is 5.69 Å². The Hall–Kier alpha value is -2.83. The number of methoxy groups -OCH3 is 1. The zero-order valence-electron chi connectivity index (χ0n) is 10.2. The van der Waals surface area contributed by atoms with Gasteiger partial charge in [0.2, 0.25) is 0 Å². The number of esters is 1. The Bertz CT molecular complexity index is 648. The van der Waals surface area contributed by atoms with Gasteiger partial charge in [-0.15, -0.1) is 0 Å². The van der Waals surface area contributed by atoms with Crippen LogP contribution in [0.1, 0.15) is 20.7 Å². The smallest absolute Gasteiger partial charge is 0.337 e. The van der Waals surface area contributed by atoms with Crippen LogP contribution in [0.3, 0.4) is 0 Å². The van der Waals surface area contributed by atoms with Gasteiger partial charge in [-0.2, -0.15) is 5.10 Å². The molecular formula is C12H12N4O3. The second-order valence-electron chi connectivity index (χ2n) is 3.80. The van der Waals surface area contributed by atoms with Crippen molar-refractivity contribution in [3.8, 4) is 5.69 Å². The summed E-state index contributed by atoms with van der Waals surface area (Å²) in [5.41, 5.74) is 12.4. The summed E-state index contributed by atoms with van der Waals surface area (Å²) in [6.07, 6.45) is 2.77. The number of benzene rings is 1. The van der Waals surface area contributed by atoms with E-state index >= 15 is 0 Å². The molecule has 1 amide bonds. The third kappa shape index (κ3) is 2.39. The molecule has 0 aliphatic carbocycles. The van der Waals surface area contributed by atoms with E-state index in [0.29, 0.717) is 16.9 Å². The first-order valence-corrected chi connectivity index (χ1v) is 5.35. The number of ether oxygens (including phenoxy) is 1. The summed E-state index contributed by atoms with van der Waals surface area (Å²) in [4.78, 5) is 22.5. The van der Waals surface area contributed by atoms with Crippen molar-refractivity contribution in [2.24, 2.45) is 5.73 Å². The van der Waals surface area contributed by atoms with E-state index in [9.17, 15) is 9.59 Å². The summed E-state index contributed by atoms with van der Waals surface area (Å²) in [6.45, 7) is 0. The number of amides is 1. The van der Waals surface area contributed by atoms with Crippen molar-refractivity contribution in [2.45, 2.75) is 0 Å². The van der Waals surface area contributed by atoms with E-state index in [1.165, 1.54) is 30.3 Å². The van der Waals surface area contributed by atoms with Gasteiger partial charge in [0, 0.05) is 6.20 Å². The summed E-state index contributed by atoms with van der Waals surface area (Å²) in [7, 11) is 1.29. The normalized spacial score (nSPS) is 10.2. The van der Waals surface area contributed by atoms with E-state index in [2.05, 4.69) is 9.84 Å². The van der Waals surface area contributed by atoms with Crippen LogP contribution in [0, 0.1) is 0 Å². The predicted molar refractivity (Wildman–Crippen MR) is 67.8 cm³/mol. The van der Waals surface area contributed by atoms with Crippen molar-refractivity contribution in [1.82, 2.24) is 9.78 Å². The second-order valence-corrected chi connectivity index (χ2v) is 3.80. The molecular weight excluding hydrogens is 248 g/mol. The first-order valence-electron chi connectivity index (χ1n) is 5.35. The second kappa shape index (κ2) is 4.81. The molecule has 4 N–H and O–H groups in total. The van der Waals surface area contributed by atoms with Crippen LogP contribution >= 0.6 is 0 Å². The highest BCUT2D eigenvalue weighted by Gasteiger charge is 2.12. The van der Waals surface area contributed by atoms with Gasteiger partial charge in [0.25, 0.3) is 5.91 Å². The number of carbonyl (C=O) groups excluding carboxylic acids is 2. The van der Waals surface area contributed by atoms with E-state index < -0.39 is 11.9 Å². The molecule has 0 radical (unpaired) electrons. The standard InChI is InChI=1S/C12H12N4O3/c1-19-12(18)7-2-3-9(13)10(4-7)16-6-8(5-15-16)11(14)17/h2-6H,13H2,1H3,(H2,14,17). The monoisotopic (exact) mass is 260 g/mol. The maximum absolute atomic E-state index is 11.5. The third-order valence-corrected chi connectivity index (χ3v) is 2.57. The van der Waals surface area contributed by atoms with Crippen LogP contribution in [0.25, 0.3) is 5.69 Å². The fourth-order valence-electron chi connectivity index (χ4n) is 1.57. The van der Waals surface area contributed by atoms with Gasteiger partial charge in [-0.3, -0.25) is 4.79 Å². The van der Waals surface area contributed by atoms with Gasteiger partial charge in [0.1, 0.15) is 0 Å². The zero-order chi connectivity index (χ0) is 14.0. The molecule has 7 heteroatoms. The van der Waals surface area contributed by atoms with Crippen LogP contribution < -0.4 is 11.5 Å². The summed E-state index contributed by atoms with van der Waals surface area (Å²) >= 11 is 0. The highest BCUT2D eigenvalue weighted by atomic mass is 16.5. The van der Waals surface area contributed by atoms with Crippen LogP contribution in [0.5, 0.6) is 0 Å². The SMILES string of the molecule is COC(=O)c1ccc(N)c(-n2cc(C(N)=O)cn2)c1. The first-order chi connectivity index (χ1) is 9.02. The number of carbonyl (C=O) groups is 2. The van der Waals surface area contributed by atoms with Crippen LogP contribution in [0.15, 0.2) is 30.6 Å². The molecule has 7 nitrogen and oxygen atoms in total. The molecule has 1 aromatic carbocycles. The minimum absolute atomic E-state index is 0.253. The minimum atomic E-state index is -0.589. The molecule has 1 aromatic heterocycles. The fourth-order valence-corrected chi connectivity index (χ4v) is 1.57. The first kappa shape index (κ1) is 12.6. The fraction of sp³-hybridized carbons (Fsp3) is 0.0833. The van der Waals surface area contributed by atoms with E-state index in [1.807, 2.05) is 0 Å². The molecule has 0 bridgehead atoms. The average Bonchev–Trinajstić information content (AvgIpc) is 2.88. The predicted octanol–water partition coefficient (Wildman–Crippen LogP) is 0.340. The molecule has 2 aromatic rings. The molecule has 98 valence electrons. The molecule has 0 spiro atoms. The molecule has 19 heavy (non-hydrogen) atoms. The van der Waals surface area contributed by atoms with Gasteiger partial charge in [-0.1, -0.05) is 0 Å². The topological polar surface area (TPSA) is 113 Å². The van der Waals surface area contributed by atoms with Gasteiger partial charge in [-0.25, -0.2) is 9.48 Å². The lowest BCUT2D eigenvalue weighted by molar-refractivity contribution is 0.0600. The average molecular weight is 260 g/mol. The number of nitrogen functional groups attached to an aromatic ring is 1. The number of nitrogens with zero attached hydrogens (tertiary/aromatic N) is 2. The minimum Gasteiger partial charge on any atom is -0.465 e. The van der Waals surface area contributed by atoms with E-state index in [0.717, 1.165) is 0 Å². The van der Waals surface area contributed by atoms with Gasteiger partial charge in [0.15, 0.2) is 0 Å². The number of hydrogen-bond donors (Lipinski definition) is 2. The highest BCUT2D eigenvalue weighted by molar-refractivity contribution is 5.93. The van der Waals surface area contributed by atoms with Crippen molar-refractivity contribution in [3.63, 3.8) is 0 Å². The lowest BCUT2D eigenvalue weighted by atomic mass is 10.1. The Morgan fingerprint density at radius 1 is 1.32 bits per heavy atom. The van der Waals surface area contributed by atoms with E-state index in [4.69, 9.17) is 11.5 Å². The number of primary amides is 1. The lowest BCUT2D eigenvalue weighted by Crippen LogP contribution is -2.10. The number of rotatable bonds is 3. The maximum Gasteiger partial charge on any atom is 0.337 e. The van der Waals surface area contributed by atoms with Gasteiger partial charge >= 0.3 is 5.97 Å². The van der Waals surface area contributed by atoms with Crippen LogP contribution in [0.2, 0.25) is 0 Å². The van der Waals surface area contributed by atoms with Gasteiger partial charge in [0.05, 0.1) is 35.8 Å². The molecule has 0 aliphatic rings. The van der Waals surface area contributed by atoms with Crippen molar-refractivity contribution < 1.29 is 14.3 Å². The molecule has 1 heterocycles. The van der Waals surface area contributed by atoms with Gasteiger partial charge < -0.3 is 16.2 Å². The van der Waals surface area contributed by atoms with E-state index in [-0.39, 0.29) is 5.56 Å². The Morgan fingerprint density at radius 3 is 2.63 bits per heavy atom. The maximum atomic E-state index is 11.5. The third-order valence-electron chi connectivity index (χ3n) is 2.57. The quantitative estimate of drug-likeness (QED) is 0.610. The summed E-state index contributed by atoms with van der Waals surface area (Å²) in [5.74, 6) is -1.07. The van der Waals surface area contributed by atoms with Crippen LogP contribution in [-0.2, 0) is 4.74 Å². The van der Waals surface area contributed by atoms with Crippen molar-refractivity contribution in [3.05, 3.63) is 41.7 Å². The molecule has 0 unspecified atom stereocenters. The Kier molecular flexibility index (Phi) is 3.19. The Labute approximate surface area is 108 Å². The van der Waals surface area contributed by atoms with Crippen LogP contribution in [-0.4, -0.2) is 28.8 Å². The molecule has 2 rings (SSSR count). The van der Waals surface area contributed by atoms with Crippen molar-refractivity contribution >= 4 is 17.6 Å².